The van der Waals surface area contributed by atoms with Crippen molar-refractivity contribution in [1.29, 1.82) is 0 Å². The molecule has 1 N–H and O–H groups in total. The first-order valence-corrected chi connectivity index (χ1v) is 4.68. The summed E-state index contributed by atoms with van der Waals surface area (Å²) in [5.41, 5.74) is 0. The van der Waals surface area contributed by atoms with E-state index >= 15 is 0 Å². The summed E-state index contributed by atoms with van der Waals surface area (Å²) in [6, 6.07) is 0. The summed E-state index contributed by atoms with van der Waals surface area (Å²) in [6.45, 7) is 0. The van der Waals surface area contributed by atoms with Crippen LogP contribution in [0.5, 0.6) is 0 Å². The summed E-state index contributed by atoms with van der Waals surface area (Å²) in [7, 11) is -6.55. The predicted molar refractivity (Wildman–Crippen MR) is 33.5 cm³/mol. The van der Waals surface area contributed by atoms with Gasteiger partial charge in [0.05, 0.1) is 0 Å². The monoisotopic (exact) mass is 298 g/mol. The van der Waals surface area contributed by atoms with Crippen molar-refractivity contribution in [2.45, 2.75) is 23.9 Å². The molecule has 13 heteroatoms. The van der Waals surface area contributed by atoms with Gasteiger partial charge in [-0.05, 0) is 0 Å². The van der Waals surface area contributed by atoms with Gasteiger partial charge in [-0.3, -0.25) is 9.29 Å². The van der Waals surface area contributed by atoms with E-state index in [1.165, 1.54) is 0 Å². The van der Waals surface area contributed by atoms with Crippen molar-refractivity contribution in [3.05, 3.63) is 0 Å². The molecule has 0 aliphatic carbocycles. The first-order chi connectivity index (χ1) is 7.13. The highest BCUT2D eigenvalue weighted by Gasteiger charge is 2.65. The highest BCUT2D eigenvalue weighted by Crippen LogP contribution is 2.40. The molecule has 104 valence electrons. The molecule has 0 rings (SSSR count). The van der Waals surface area contributed by atoms with E-state index in [0.717, 1.165) is 0 Å². The maximum atomic E-state index is 12.2. The Bertz CT molecular complexity index is 371. The molecule has 17 heavy (non-hydrogen) atoms. The SMILES string of the molecule is O=S(=O)(O)C(F)(F)[C@@H](F)OC(F)(F)C(F)(F)F. The summed E-state index contributed by atoms with van der Waals surface area (Å²) in [5.74, 6) is 0. The average Bonchev–Trinajstić information content (AvgIpc) is 1.98. The van der Waals surface area contributed by atoms with E-state index in [2.05, 4.69) is 0 Å². The third-order valence-corrected chi connectivity index (χ3v) is 2.06. The summed E-state index contributed by atoms with van der Waals surface area (Å²) in [6.07, 6.45) is -17.8. The van der Waals surface area contributed by atoms with E-state index in [4.69, 9.17) is 4.55 Å². The van der Waals surface area contributed by atoms with Crippen LogP contribution in [0.2, 0.25) is 0 Å². The topological polar surface area (TPSA) is 63.6 Å². The van der Waals surface area contributed by atoms with Crippen molar-refractivity contribution in [2.75, 3.05) is 0 Å². The van der Waals surface area contributed by atoms with Gasteiger partial charge in [-0.1, -0.05) is 0 Å². The third-order valence-electron chi connectivity index (χ3n) is 1.19. The van der Waals surface area contributed by atoms with E-state index in [1.54, 1.807) is 0 Å². The van der Waals surface area contributed by atoms with Crippen LogP contribution in [-0.2, 0) is 14.9 Å². The number of halogens is 8. The maximum absolute atomic E-state index is 12.2. The van der Waals surface area contributed by atoms with Crippen LogP contribution in [0.3, 0.4) is 0 Å². The van der Waals surface area contributed by atoms with E-state index in [9.17, 15) is 43.5 Å². The zero-order chi connectivity index (χ0) is 14.3. The van der Waals surface area contributed by atoms with Gasteiger partial charge in [0.1, 0.15) is 0 Å². The molecule has 0 fully saturated rings. The Morgan fingerprint density at radius 1 is 1.00 bits per heavy atom. The van der Waals surface area contributed by atoms with E-state index in [0.29, 0.717) is 0 Å². The van der Waals surface area contributed by atoms with Gasteiger partial charge in [0.25, 0.3) is 6.36 Å². The lowest BCUT2D eigenvalue weighted by Crippen LogP contribution is -2.48. The summed E-state index contributed by atoms with van der Waals surface area (Å²) < 4.78 is 124. The van der Waals surface area contributed by atoms with Crippen LogP contribution in [-0.4, -0.2) is 36.9 Å². The van der Waals surface area contributed by atoms with Crippen molar-refractivity contribution in [1.82, 2.24) is 0 Å². The van der Waals surface area contributed by atoms with Crippen molar-refractivity contribution in [2.24, 2.45) is 0 Å². The van der Waals surface area contributed by atoms with Gasteiger partial charge in [0, 0.05) is 0 Å². The second-order valence-electron chi connectivity index (χ2n) is 2.49. The Balaban J connectivity index is 5.08. The lowest BCUT2D eigenvalue weighted by molar-refractivity contribution is -0.423. The van der Waals surface area contributed by atoms with Crippen LogP contribution in [0, 0.1) is 0 Å². The molecule has 0 spiro atoms. The zero-order valence-electron chi connectivity index (χ0n) is 7.18. The molecule has 0 aromatic carbocycles. The minimum atomic E-state index is -6.55. The van der Waals surface area contributed by atoms with Gasteiger partial charge in [-0.25, -0.2) is 4.39 Å². The average molecular weight is 298 g/mol. The molecule has 4 nitrogen and oxygen atoms in total. The highest BCUT2D eigenvalue weighted by atomic mass is 32.2. The molecule has 0 radical (unpaired) electrons. The van der Waals surface area contributed by atoms with Crippen LogP contribution in [0.1, 0.15) is 0 Å². The Morgan fingerprint density at radius 2 is 1.35 bits per heavy atom. The molecule has 0 aliphatic heterocycles. The van der Waals surface area contributed by atoms with Crippen molar-refractivity contribution in [3.8, 4) is 0 Å². The molecule has 0 aliphatic rings. The summed E-state index contributed by atoms with van der Waals surface area (Å²) in [5, 5.41) is -5.97. The van der Waals surface area contributed by atoms with Crippen LogP contribution >= 0.6 is 0 Å². The Hall–Kier alpha value is -0.690. The van der Waals surface area contributed by atoms with Gasteiger partial charge in [0.15, 0.2) is 0 Å². The maximum Gasteiger partial charge on any atom is 0.483 e. The molecule has 0 aromatic rings. The lowest BCUT2D eigenvalue weighted by atomic mass is 10.6. The fourth-order valence-electron chi connectivity index (χ4n) is 0.382. The zero-order valence-corrected chi connectivity index (χ0v) is 8.00. The standard InChI is InChI=1S/C4H2F8O4S/c5-1(2(6,7)17(13,14)15)16-4(11,12)3(8,9)10/h1H,(H,13,14,15)/t1-/m0/s1. The fraction of sp³-hybridized carbons (Fsp3) is 1.00. The smallest absolute Gasteiger partial charge is 0.281 e. The van der Waals surface area contributed by atoms with E-state index in [-0.39, 0.29) is 0 Å². The normalized spacial score (nSPS) is 17.0. The van der Waals surface area contributed by atoms with Crippen molar-refractivity contribution in [3.63, 3.8) is 0 Å². The van der Waals surface area contributed by atoms with Crippen LogP contribution in [0.25, 0.3) is 0 Å². The molecule has 0 saturated carbocycles. The predicted octanol–water partition coefficient (Wildman–Crippen LogP) is 1.93. The highest BCUT2D eigenvalue weighted by molar-refractivity contribution is 7.86. The van der Waals surface area contributed by atoms with Crippen LogP contribution < -0.4 is 0 Å². The molecular weight excluding hydrogens is 296 g/mol. The second kappa shape index (κ2) is 4.20. The summed E-state index contributed by atoms with van der Waals surface area (Å²) >= 11 is 0. The van der Waals surface area contributed by atoms with E-state index < -0.39 is 34.0 Å². The molecule has 0 bridgehead atoms. The largest absolute Gasteiger partial charge is 0.483 e. The van der Waals surface area contributed by atoms with Crippen molar-refractivity contribution < 1.29 is 52.8 Å². The minimum absolute atomic E-state index is 1.98. The minimum Gasteiger partial charge on any atom is -0.281 e. The molecule has 0 unspecified atom stereocenters. The molecule has 0 heterocycles. The van der Waals surface area contributed by atoms with Gasteiger partial charge < -0.3 is 0 Å². The van der Waals surface area contributed by atoms with Gasteiger partial charge in [-0.15, -0.1) is 0 Å². The van der Waals surface area contributed by atoms with Gasteiger partial charge >= 0.3 is 27.7 Å². The number of alkyl halides is 8. The van der Waals surface area contributed by atoms with Gasteiger partial charge in [-0.2, -0.15) is 39.2 Å². The number of rotatable bonds is 4. The lowest BCUT2D eigenvalue weighted by Gasteiger charge is -2.24. The second-order valence-corrected chi connectivity index (χ2v) is 3.98. The van der Waals surface area contributed by atoms with E-state index in [1.807, 2.05) is 4.74 Å². The molecule has 0 amide bonds. The Morgan fingerprint density at radius 3 is 1.59 bits per heavy atom. The Labute approximate surface area is 87.9 Å². The van der Waals surface area contributed by atoms with Crippen LogP contribution in [0.15, 0.2) is 0 Å². The fourth-order valence-corrected chi connectivity index (χ4v) is 0.665. The number of ether oxygens (including phenoxy) is 1. The third kappa shape index (κ3) is 3.38. The number of hydrogen-bond donors (Lipinski definition) is 1. The number of hydrogen-bond acceptors (Lipinski definition) is 3. The van der Waals surface area contributed by atoms with Gasteiger partial charge in [0.2, 0.25) is 0 Å². The first kappa shape index (κ1) is 16.3. The molecular formula is C4H2F8O4S. The molecule has 0 saturated heterocycles. The summed E-state index contributed by atoms with van der Waals surface area (Å²) in [4.78, 5) is 0. The Kier molecular flexibility index (Phi) is 4.03. The molecule has 1 atom stereocenters. The quantitative estimate of drug-likeness (QED) is 0.636. The van der Waals surface area contributed by atoms with Crippen LogP contribution in [0.4, 0.5) is 35.1 Å². The van der Waals surface area contributed by atoms with Crippen molar-refractivity contribution >= 4 is 10.1 Å². The molecule has 0 aromatic heterocycles. The first-order valence-electron chi connectivity index (χ1n) is 3.24.